The fourth-order valence-corrected chi connectivity index (χ4v) is 2.84. The Morgan fingerprint density at radius 1 is 1.04 bits per heavy atom. The lowest BCUT2D eigenvalue weighted by molar-refractivity contribution is 0.884. The Kier molecular flexibility index (Phi) is 4.86. The molecule has 0 radical (unpaired) electrons. The molecule has 3 aromatic rings. The van der Waals surface area contributed by atoms with Gasteiger partial charge in [-0.25, -0.2) is 4.68 Å². The highest BCUT2D eigenvalue weighted by Crippen LogP contribution is 2.33. The van der Waals surface area contributed by atoms with Gasteiger partial charge in [-0.05, 0) is 36.4 Å². The first kappa shape index (κ1) is 16.8. The van der Waals surface area contributed by atoms with Crippen LogP contribution in [0.3, 0.4) is 0 Å². The molecule has 0 saturated carbocycles. The molecule has 3 rings (SSSR count). The highest BCUT2D eigenvalue weighted by atomic mass is 35.5. The van der Waals surface area contributed by atoms with Crippen molar-refractivity contribution in [3.05, 3.63) is 75.9 Å². The third-order valence-corrected chi connectivity index (χ3v) is 4.04. The molecule has 0 fully saturated rings. The number of aromatic nitrogens is 2. The maximum Gasteiger partial charge on any atom is 0.130 e. The molecular weight excluding hydrogens is 355 g/mol. The Labute approximate surface area is 154 Å². The van der Waals surface area contributed by atoms with Crippen LogP contribution in [0.4, 0.5) is 0 Å². The van der Waals surface area contributed by atoms with Gasteiger partial charge in [-0.1, -0.05) is 41.4 Å². The molecule has 0 N–H and O–H groups in total. The zero-order valence-electron chi connectivity index (χ0n) is 12.8. The number of hydrogen-bond acceptors (Lipinski definition) is 3. The Hall–Kier alpha value is -3.05. The molecule has 1 aromatic heterocycles. The van der Waals surface area contributed by atoms with Crippen LogP contribution in [0.15, 0.2) is 60.3 Å². The lowest BCUT2D eigenvalue weighted by atomic mass is 10.1. The summed E-state index contributed by atoms with van der Waals surface area (Å²) in [6.45, 7) is 0. The van der Waals surface area contributed by atoms with E-state index in [2.05, 4.69) is 5.10 Å². The minimum Gasteiger partial charge on any atom is -0.240 e. The van der Waals surface area contributed by atoms with Gasteiger partial charge in [-0.2, -0.15) is 15.6 Å². The van der Waals surface area contributed by atoms with E-state index in [1.54, 1.807) is 29.1 Å². The number of halogens is 2. The highest BCUT2D eigenvalue weighted by molar-refractivity contribution is 6.36. The first-order chi connectivity index (χ1) is 12.1. The van der Waals surface area contributed by atoms with Gasteiger partial charge >= 0.3 is 0 Å². The summed E-state index contributed by atoms with van der Waals surface area (Å²) in [6.07, 6.45) is 3.25. The Bertz CT molecular complexity index is 1020. The molecule has 0 spiro atoms. The molecule has 0 unspecified atom stereocenters. The van der Waals surface area contributed by atoms with Crippen LogP contribution in [0.2, 0.25) is 10.0 Å². The van der Waals surface area contributed by atoms with Crippen molar-refractivity contribution in [2.75, 3.05) is 0 Å². The predicted octanol–water partition coefficient (Wildman–Crippen LogP) is 5.28. The van der Waals surface area contributed by atoms with Crippen LogP contribution in [0.25, 0.3) is 23.0 Å². The van der Waals surface area contributed by atoms with E-state index >= 15 is 0 Å². The molecule has 0 bridgehead atoms. The summed E-state index contributed by atoms with van der Waals surface area (Å²) < 4.78 is 1.68. The molecule has 0 atom stereocenters. The van der Waals surface area contributed by atoms with Gasteiger partial charge in [0, 0.05) is 22.3 Å². The Balaban J connectivity index is 2.22. The molecule has 120 valence electrons. The van der Waals surface area contributed by atoms with Gasteiger partial charge in [-0.3, -0.25) is 0 Å². The Morgan fingerprint density at radius 3 is 2.40 bits per heavy atom. The largest absolute Gasteiger partial charge is 0.240 e. The van der Waals surface area contributed by atoms with Crippen molar-refractivity contribution in [3.8, 4) is 29.1 Å². The van der Waals surface area contributed by atoms with Gasteiger partial charge in [-0.15, -0.1) is 0 Å². The van der Waals surface area contributed by atoms with Gasteiger partial charge in [0.2, 0.25) is 0 Å². The molecule has 0 aliphatic carbocycles. The lowest BCUT2D eigenvalue weighted by Gasteiger charge is -2.03. The van der Waals surface area contributed by atoms with Gasteiger partial charge in [0.25, 0.3) is 0 Å². The maximum atomic E-state index is 9.05. The van der Waals surface area contributed by atoms with Crippen molar-refractivity contribution >= 4 is 29.3 Å². The van der Waals surface area contributed by atoms with E-state index in [4.69, 9.17) is 33.7 Å². The van der Waals surface area contributed by atoms with Gasteiger partial charge in [0.15, 0.2) is 0 Å². The zero-order valence-corrected chi connectivity index (χ0v) is 14.3. The first-order valence-corrected chi connectivity index (χ1v) is 8.00. The molecule has 0 amide bonds. The Morgan fingerprint density at radius 2 is 1.76 bits per heavy atom. The van der Waals surface area contributed by atoms with Crippen LogP contribution in [0, 0.1) is 22.7 Å². The second-order valence-electron chi connectivity index (χ2n) is 5.12. The van der Waals surface area contributed by atoms with E-state index in [1.165, 1.54) is 6.08 Å². The first-order valence-electron chi connectivity index (χ1n) is 7.25. The van der Waals surface area contributed by atoms with E-state index < -0.39 is 0 Å². The SMILES string of the molecule is N#CC(C#N)=Cc1cn(-c2ccccc2)nc1-c1ccc(Cl)cc1Cl. The molecule has 0 aliphatic heterocycles. The average Bonchev–Trinajstić information content (AvgIpc) is 3.04. The number of nitrogens with zero attached hydrogens (tertiary/aromatic N) is 4. The standard InChI is InChI=1S/C19H10Cl2N4/c20-15-6-7-17(18(21)9-15)19-14(8-13(10-22)11-23)12-25(24-19)16-4-2-1-3-5-16/h1-9,12H. The number of nitriles is 2. The number of para-hydroxylation sites is 1. The predicted molar refractivity (Wildman–Crippen MR) is 98.2 cm³/mol. The number of allylic oxidation sites excluding steroid dienone is 1. The second kappa shape index (κ2) is 7.23. The molecule has 4 nitrogen and oxygen atoms in total. The third kappa shape index (κ3) is 3.56. The monoisotopic (exact) mass is 364 g/mol. The topological polar surface area (TPSA) is 65.4 Å². The average molecular weight is 365 g/mol. The van der Waals surface area contributed by atoms with Gasteiger partial charge in [0.1, 0.15) is 23.4 Å². The van der Waals surface area contributed by atoms with Gasteiger partial charge < -0.3 is 0 Å². The fourth-order valence-electron chi connectivity index (χ4n) is 2.34. The third-order valence-electron chi connectivity index (χ3n) is 3.49. The zero-order chi connectivity index (χ0) is 17.8. The normalized spacial score (nSPS) is 9.92. The van der Waals surface area contributed by atoms with Gasteiger partial charge in [0.05, 0.1) is 10.7 Å². The minimum absolute atomic E-state index is 0.0149. The molecule has 6 heteroatoms. The quantitative estimate of drug-likeness (QED) is 0.594. The summed E-state index contributed by atoms with van der Waals surface area (Å²) in [4.78, 5) is 0. The van der Waals surface area contributed by atoms with E-state index in [0.29, 0.717) is 26.9 Å². The van der Waals surface area contributed by atoms with Crippen molar-refractivity contribution < 1.29 is 0 Å². The fraction of sp³-hybridized carbons (Fsp3) is 0. The molecule has 0 saturated heterocycles. The second-order valence-corrected chi connectivity index (χ2v) is 5.96. The van der Waals surface area contributed by atoms with Crippen LogP contribution in [0.5, 0.6) is 0 Å². The van der Waals surface area contributed by atoms with Crippen LogP contribution in [-0.2, 0) is 0 Å². The molecule has 0 aliphatic rings. The maximum absolute atomic E-state index is 9.05. The summed E-state index contributed by atoms with van der Waals surface area (Å²) >= 11 is 12.3. The van der Waals surface area contributed by atoms with Crippen LogP contribution < -0.4 is 0 Å². The summed E-state index contributed by atoms with van der Waals surface area (Å²) in [7, 11) is 0. The van der Waals surface area contributed by atoms with Crippen molar-refractivity contribution in [1.29, 1.82) is 10.5 Å². The number of hydrogen-bond donors (Lipinski definition) is 0. The lowest BCUT2D eigenvalue weighted by Crippen LogP contribution is -1.94. The van der Waals surface area contributed by atoms with Crippen molar-refractivity contribution in [2.24, 2.45) is 0 Å². The van der Waals surface area contributed by atoms with E-state index in [1.807, 2.05) is 42.5 Å². The molecule has 2 aromatic carbocycles. The van der Waals surface area contributed by atoms with Crippen LogP contribution in [-0.4, -0.2) is 9.78 Å². The molecular formula is C19H10Cl2N4. The van der Waals surface area contributed by atoms with Crippen LogP contribution >= 0.6 is 23.2 Å². The van der Waals surface area contributed by atoms with Crippen molar-refractivity contribution in [3.63, 3.8) is 0 Å². The van der Waals surface area contributed by atoms with Crippen molar-refractivity contribution in [2.45, 2.75) is 0 Å². The molecule has 25 heavy (non-hydrogen) atoms. The smallest absolute Gasteiger partial charge is 0.130 e. The van der Waals surface area contributed by atoms with Crippen LogP contribution in [0.1, 0.15) is 5.56 Å². The summed E-state index contributed by atoms with van der Waals surface area (Å²) in [6, 6.07) is 18.4. The van der Waals surface area contributed by atoms with E-state index in [-0.39, 0.29) is 5.57 Å². The number of rotatable bonds is 3. The van der Waals surface area contributed by atoms with E-state index in [0.717, 1.165) is 5.69 Å². The van der Waals surface area contributed by atoms with E-state index in [9.17, 15) is 0 Å². The summed E-state index contributed by atoms with van der Waals surface area (Å²) in [5.74, 6) is 0. The highest BCUT2D eigenvalue weighted by Gasteiger charge is 2.15. The molecule has 1 heterocycles. The summed E-state index contributed by atoms with van der Waals surface area (Å²) in [5.41, 5.74) is 2.69. The summed E-state index contributed by atoms with van der Waals surface area (Å²) in [5, 5.41) is 23.7. The number of benzene rings is 2. The minimum atomic E-state index is -0.0149. The van der Waals surface area contributed by atoms with Crippen molar-refractivity contribution in [1.82, 2.24) is 9.78 Å².